The number of aliphatic imine (C=N–C) groups is 1. The minimum absolute atomic E-state index is 0.470. The number of methoxy groups -OCH3 is 1. The van der Waals surface area contributed by atoms with Crippen molar-refractivity contribution in [3.05, 3.63) is 21.9 Å². The SMILES string of the molecule is COCCNC(N)=NCc1ccc(C)s1. The van der Waals surface area contributed by atoms with E-state index in [0.717, 1.165) is 0 Å². The lowest BCUT2D eigenvalue weighted by molar-refractivity contribution is 0.204. The van der Waals surface area contributed by atoms with Crippen molar-refractivity contribution in [1.82, 2.24) is 5.32 Å². The number of aryl methyl sites for hydroxylation is 1. The zero-order valence-corrected chi connectivity index (χ0v) is 9.93. The monoisotopic (exact) mass is 227 g/mol. The number of ether oxygens (including phenoxy) is 1. The van der Waals surface area contributed by atoms with Gasteiger partial charge in [-0.2, -0.15) is 0 Å². The van der Waals surface area contributed by atoms with Crippen LogP contribution in [0, 0.1) is 6.92 Å². The van der Waals surface area contributed by atoms with E-state index < -0.39 is 0 Å². The summed E-state index contributed by atoms with van der Waals surface area (Å²) in [6.45, 7) is 4.05. The lowest BCUT2D eigenvalue weighted by Gasteiger charge is -2.03. The van der Waals surface area contributed by atoms with Gasteiger partial charge >= 0.3 is 0 Å². The summed E-state index contributed by atoms with van der Waals surface area (Å²) in [7, 11) is 1.66. The number of rotatable bonds is 5. The molecule has 0 saturated carbocycles. The predicted molar refractivity (Wildman–Crippen MR) is 64.3 cm³/mol. The van der Waals surface area contributed by atoms with Gasteiger partial charge in [0, 0.05) is 23.4 Å². The lowest BCUT2D eigenvalue weighted by atomic mass is 10.4. The Morgan fingerprint density at radius 3 is 3.00 bits per heavy atom. The van der Waals surface area contributed by atoms with Gasteiger partial charge in [-0.3, -0.25) is 0 Å². The van der Waals surface area contributed by atoms with Crippen LogP contribution < -0.4 is 11.1 Å². The highest BCUT2D eigenvalue weighted by Crippen LogP contribution is 2.15. The minimum Gasteiger partial charge on any atom is -0.383 e. The molecule has 84 valence electrons. The molecule has 1 aromatic heterocycles. The van der Waals surface area contributed by atoms with Gasteiger partial charge in [-0.1, -0.05) is 0 Å². The van der Waals surface area contributed by atoms with Crippen LogP contribution in [0.5, 0.6) is 0 Å². The molecule has 0 aromatic carbocycles. The van der Waals surface area contributed by atoms with E-state index in [1.54, 1.807) is 18.4 Å². The van der Waals surface area contributed by atoms with E-state index in [1.165, 1.54) is 9.75 Å². The van der Waals surface area contributed by atoms with Gasteiger partial charge in [0.1, 0.15) is 0 Å². The average molecular weight is 227 g/mol. The quantitative estimate of drug-likeness (QED) is 0.450. The molecule has 0 spiro atoms. The summed E-state index contributed by atoms with van der Waals surface area (Å²) in [4.78, 5) is 6.74. The summed E-state index contributed by atoms with van der Waals surface area (Å²) in [5.41, 5.74) is 5.66. The molecule has 3 N–H and O–H groups in total. The maximum atomic E-state index is 5.66. The molecule has 0 unspecified atom stereocenters. The maximum absolute atomic E-state index is 5.66. The summed E-state index contributed by atoms with van der Waals surface area (Å²) in [6, 6.07) is 4.16. The van der Waals surface area contributed by atoms with Crippen LogP contribution in [0.3, 0.4) is 0 Å². The van der Waals surface area contributed by atoms with Crippen molar-refractivity contribution in [3.8, 4) is 0 Å². The highest BCUT2D eigenvalue weighted by Gasteiger charge is 1.95. The Morgan fingerprint density at radius 1 is 1.60 bits per heavy atom. The Hall–Kier alpha value is -1.07. The molecule has 4 nitrogen and oxygen atoms in total. The first kappa shape index (κ1) is 12.0. The number of nitrogens with zero attached hydrogens (tertiary/aromatic N) is 1. The van der Waals surface area contributed by atoms with Gasteiger partial charge in [0.15, 0.2) is 5.96 Å². The summed E-state index contributed by atoms with van der Waals surface area (Å²) in [5.74, 6) is 0.470. The number of thiophene rings is 1. The smallest absolute Gasteiger partial charge is 0.189 e. The van der Waals surface area contributed by atoms with Crippen molar-refractivity contribution in [3.63, 3.8) is 0 Å². The lowest BCUT2D eigenvalue weighted by Crippen LogP contribution is -2.34. The second kappa shape index (κ2) is 6.42. The van der Waals surface area contributed by atoms with E-state index in [2.05, 4.69) is 29.4 Å². The van der Waals surface area contributed by atoms with Crippen molar-refractivity contribution in [2.75, 3.05) is 20.3 Å². The Kier molecular flexibility index (Phi) is 5.14. The largest absolute Gasteiger partial charge is 0.383 e. The number of hydrogen-bond acceptors (Lipinski definition) is 3. The molecule has 1 heterocycles. The van der Waals surface area contributed by atoms with Crippen LogP contribution in [0.15, 0.2) is 17.1 Å². The van der Waals surface area contributed by atoms with Crippen molar-refractivity contribution in [1.29, 1.82) is 0 Å². The van der Waals surface area contributed by atoms with Crippen LogP contribution in [0.4, 0.5) is 0 Å². The fourth-order valence-corrected chi connectivity index (χ4v) is 1.89. The molecule has 0 atom stereocenters. The second-order valence-electron chi connectivity index (χ2n) is 3.13. The van der Waals surface area contributed by atoms with Crippen LogP contribution in [-0.2, 0) is 11.3 Å². The molecule has 1 aromatic rings. The highest BCUT2D eigenvalue weighted by atomic mass is 32.1. The van der Waals surface area contributed by atoms with Crippen molar-refractivity contribution in [2.24, 2.45) is 10.7 Å². The molecule has 0 amide bonds. The van der Waals surface area contributed by atoms with E-state index in [1.807, 2.05) is 0 Å². The fraction of sp³-hybridized carbons (Fsp3) is 0.500. The molecule has 0 radical (unpaired) electrons. The van der Waals surface area contributed by atoms with E-state index in [9.17, 15) is 0 Å². The van der Waals surface area contributed by atoms with Crippen molar-refractivity contribution >= 4 is 17.3 Å². The molecule has 0 saturated heterocycles. The number of nitrogens with one attached hydrogen (secondary N) is 1. The van der Waals surface area contributed by atoms with Crippen LogP contribution in [0.2, 0.25) is 0 Å². The van der Waals surface area contributed by atoms with E-state index in [0.29, 0.717) is 25.7 Å². The molecular formula is C10H17N3OS. The fourth-order valence-electron chi connectivity index (χ4n) is 1.07. The van der Waals surface area contributed by atoms with Crippen LogP contribution >= 0.6 is 11.3 Å². The third kappa shape index (κ3) is 4.80. The highest BCUT2D eigenvalue weighted by molar-refractivity contribution is 7.11. The van der Waals surface area contributed by atoms with Gasteiger partial charge in [-0.25, -0.2) is 4.99 Å². The van der Waals surface area contributed by atoms with Crippen molar-refractivity contribution < 1.29 is 4.74 Å². The summed E-state index contributed by atoms with van der Waals surface area (Å²) in [6.07, 6.45) is 0. The Morgan fingerprint density at radius 2 is 2.40 bits per heavy atom. The van der Waals surface area contributed by atoms with Crippen LogP contribution in [0.1, 0.15) is 9.75 Å². The Balaban J connectivity index is 2.30. The molecule has 5 heteroatoms. The van der Waals surface area contributed by atoms with Crippen LogP contribution in [-0.4, -0.2) is 26.2 Å². The summed E-state index contributed by atoms with van der Waals surface area (Å²) in [5, 5.41) is 2.97. The summed E-state index contributed by atoms with van der Waals surface area (Å²) >= 11 is 1.74. The van der Waals surface area contributed by atoms with Gasteiger partial charge in [-0.15, -0.1) is 11.3 Å². The standard InChI is InChI=1S/C10H17N3OS/c1-8-3-4-9(15-8)7-13-10(11)12-5-6-14-2/h3-4H,5-7H2,1-2H3,(H3,11,12,13). The van der Waals surface area contributed by atoms with Gasteiger partial charge < -0.3 is 15.8 Å². The van der Waals surface area contributed by atoms with Gasteiger partial charge in [0.05, 0.1) is 13.2 Å². The topological polar surface area (TPSA) is 59.6 Å². The van der Waals surface area contributed by atoms with E-state index in [-0.39, 0.29) is 0 Å². The number of hydrogen-bond donors (Lipinski definition) is 2. The molecule has 15 heavy (non-hydrogen) atoms. The second-order valence-corrected chi connectivity index (χ2v) is 4.51. The maximum Gasteiger partial charge on any atom is 0.189 e. The van der Waals surface area contributed by atoms with Gasteiger partial charge in [-0.05, 0) is 19.1 Å². The first-order chi connectivity index (χ1) is 7.22. The molecule has 0 aliphatic carbocycles. The summed E-state index contributed by atoms with van der Waals surface area (Å²) < 4.78 is 4.89. The Bertz CT molecular complexity index is 322. The van der Waals surface area contributed by atoms with Crippen LogP contribution in [0.25, 0.3) is 0 Å². The van der Waals surface area contributed by atoms with Gasteiger partial charge in [0.25, 0.3) is 0 Å². The molecule has 0 aliphatic heterocycles. The van der Waals surface area contributed by atoms with E-state index >= 15 is 0 Å². The first-order valence-corrected chi connectivity index (χ1v) is 5.62. The number of nitrogens with two attached hydrogens (primary N) is 1. The molecule has 0 fully saturated rings. The third-order valence-corrected chi connectivity index (χ3v) is 2.80. The van der Waals surface area contributed by atoms with Crippen molar-refractivity contribution in [2.45, 2.75) is 13.5 Å². The number of guanidine groups is 1. The minimum atomic E-state index is 0.470. The Labute approximate surface area is 94.2 Å². The molecular weight excluding hydrogens is 210 g/mol. The third-order valence-electron chi connectivity index (χ3n) is 1.81. The average Bonchev–Trinajstić information content (AvgIpc) is 2.62. The predicted octanol–water partition coefficient (Wildman–Crippen LogP) is 1.11. The zero-order chi connectivity index (χ0) is 11.1. The van der Waals surface area contributed by atoms with E-state index in [4.69, 9.17) is 10.5 Å². The molecule has 0 aliphatic rings. The zero-order valence-electron chi connectivity index (χ0n) is 9.12. The van der Waals surface area contributed by atoms with Gasteiger partial charge in [0.2, 0.25) is 0 Å². The molecule has 1 rings (SSSR count). The first-order valence-electron chi connectivity index (χ1n) is 4.80. The normalized spacial score (nSPS) is 11.7. The molecule has 0 bridgehead atoms.